The number of hydrogen-bond donors (Lipinski definition) is 0. The predicted octanol–water partition coefficient (Wildman–Crippen LogP) is 5.03. The highest BCUT2D eigenvalue weighted by atomic mass is 16.1. The van der Waals surface area contributed by atoms with E-state index in [1.54, 1.807) is 0 Å². The zero-order chi connectivity index (χ0) is 13.7. The van der Waals surface area contributed by atoms with Crippen LogP contribution in [0, 0.1) is 0 Å². The Bertz CT molecular complexity index is 456. The van der Waals surface area contributed by atoms with Crippen molar-refractivity contribution in [1.82, 2.24) is 0 Å². The summed E-state index contributed by atoms with van der Waals surface area (Å²) in [4.78, 5) is 12.4. The van der Waals surface area contributed by atoms with Gasteiger partial charge >= 0.3 is 0 Å². The van der Waals surface area contributed by atoms with Crippen LogP contribution in [0.2, 0.25) is 0 Å². The molecule has 0 saturated heterocycles. The van der Waals surface area contributed by atoms with Crippen LogP contribution < -0.4 is 0 Å². The molecule has 0 N–H and O–H groups in total. The van der Waals surface area contributed by atoms with Gasteiger partial charge in [-0.25, -0.2) is 0 Å². The molecule has 0 saturated carbocycles. The van der Waals surface area contributed by atoms with E-state index in [2.05, 4.69) is 38.1 Å². The highest BCUT2D eigenvalue weighted by Crippen LogP contribution is 2.37. The third-order valence-electron chi connectivity index (χ3n) is 4.01. The second-order valence-electron chi connectivity index (χ2n) is 5.52. The molecular formula is C18H24O. The lowest BCUT2D eigenvalue weighted by atomic mass is 9.77. The topological polar surface area (TPSA) is 17.1 Å². The summed E-state index contributed by atoms with van der Waals surface area (Å²) in [6.45, 7) is 4.36. The van der Waals surface area contributed by atoms with E-state index in [-0.39, 0.29) is 0 Å². The van der Waals surface area contributed by atoms with Gasteiger partial charge < -0.3 is 0 Å². The molecule has 1 nitrogen and oxygen atoms in total. The first-order valence-electron chi connectivity index (χ1n) is 7.55. The Morgan fingerprint density at radius 1 is 1.00 bits per heavy atom. The predicted molar refractivity (Wildman–Crippen MR) is 80.3 cm³/mol. The Hall–Kier alpha value is -1.37. The minimum atomic E-state index is 0.394. The molecule has 1 atom stereocenters. The third kappa shape index (κ3) is 3.34. The van der Waals surface area contributed by atoms with Crippen molar-refractivity contribution in [3.05, 3.63) is 47.0 Å². The SMILES string of the molecule is CCCC1=C(CCC)C(=O)CC(c2ccccc2)C1. The summed E-state index contributed by atoms with van der Waals surface area (Å²) < 4.78 is 0. The maximum absolute atomic E-state index is 12.4. The van der Waals surface area contributed by atoms with Gasteiger partial charge in [0.1, 0.15) is 0 Å². The summed E-state index contributed by atoms with van der Waals surface area (Å²) in [5, 5.41) is 0. The lowest BCUT2D eigenvalue weighted by molar-refractivity contribution is -0.116. The fraction of sp³-hybridized carbons (Fsp3) is 0.500. The molecule has 1 unspecified atom stereocenters. The molecule has 0 aliphatic heterocycles. The number of carbonyl (C=O) groups is 1. The highest BCUT2D eigenvalue weighted by molar-refractivity contribution is 5.97. The Balaban J connectivity index is 2.24. The molecular weight excluding hydrogens is 232 g/mol. The largest absolute Gasteiger partial charge is 0.295 e. The molecule has 2 rings (SSSR count). The van der Waals surface area contributed by atoms with Crippen LogP contribution in [0.25, 0.3) is 0 Å². The van der Waals surface area contributed by atoms with Gasteiger partial charge in [0.15, 0.2) is 5.78 Å². The van der Waals surface area contributed by atoms with Gasteiger partial charge in [-0.15, -0.1) is 0 Å². The van der Waals surface area contributed by atoms with Crippen molar-refractivity contribution >= 4 is 5.78 Å². The average Bonchev–Trinajstić information content (AvgIpc) is 2.43. The molecule has 1 heteroatoms. The maximum atomic E-state index is 12.4. The van der Waals surface area contributed by atoms with E-state index in [1.165, 1.54) is 11.1 Å². The first-order chi connectivity index (χ1) is 9.26. The molecule has 0 heterocycles. The van der Waals surface area contributed by atoms with Crippen molar-refractivity contribution in [2.45, 2.75) is 58.3 Å². The van der Waals surface area contributed by atoms with Crippen molar-refractivity contribution in [3.8, 4) is 0 Å². The van der Waals surface area contributed by atoms with Crippen molar-refractivity contribution < 1.29 is 4.79 Å². The van der Waals surface area contributed by atoms with E-state index in [9.17, 15) is 4.79 Å². The normalized spacial score (nSPS) is 19.9. The molecule has 1 aromatic carbocycles. The quantitative estimate of drug-likeness (QED) is 0.722. The Morgan fingerprint density at radius 2 is 1.68 bits per heavy atom. The lowest BCUT2D eigenvalue weighted by Gasteiger charge is -2.27. The summed E-state index contributed by atoms with van der Waals surface area (Å²) in [5.41, 5.74) is 3.89. The molecule has 0 bridgehead atoms. The molecule has 0 amide bonds. The lowest BCUT2D eigenvalue weighted by Crippen LogP contribution is -2.18. The van der Waals surface area contributed by atoms with Crippen LogP contribution in [0.15, 0.2) is 41.5 Å². The zero-order valence-corrected chi connectivity index (χ0v) is 12.1. The van der Waals surface area contributed by atoms with E-state index >= 15 is 0 Å². The molecule has 102 valence electrons. The van der Waals surface area contributed by atoms with Crippen LogP contribution in [0.4, 0.5) is 0 Å². The smallest absolute Gasteiger partial charge is 0.159 e. The maximum Gasteiger partial charge on any atom is 0.159 e. The minimum Gasteiger partial charge on any atom is -0.295 e. The number of benzene rings is 1. The summed E-state index contributed by atoms with van der Waals surface area (Å²) in [6.07, 6.45) is 6.05. The molecule has 0 fully saturated rings. The van der Waals surface area contributed by atoms with Crippen LogP contribution in [-0.4, -0.2) is 5.78 Å². The van der Waals surface area contributed by atoms with E-state index in [0.29, 0.717) is 18.1 Å². The van der Waals surface area contributed by atoms with Crippen LogP contribution in [0.1, 0.15) is 63.9 Å². The second kappa shape index (κ2) is 6.70. The van der Waals surface area contributed by atoms with Crippen LogP contribution >= 0.6 is 0 Å². The number of carbonyl (C=O) groups excluding carboxylic acids is 1. The molecule has 1 aromatic rings. The molecule has 0 aromatic heterocycles. The summed E-state index contributed by atoms with van der Waals surface area (Å²) in [6, 6.07) is 10.5. The van der Waals surface area contributed by atoms with Gasteiger partial charge in [-0.2, -0.15) is 0 Å². The van der Waals surface area contributed by atoms with Crippen molar-refractivity contribution in [2.24, 2.45) is 0 Å². The van der Waals surface area contributed by atoms with Crippen molar-refractivity contribution in [3.63, 3.8) is 0 Å². The van der Waals surface area contributed by atoms with Crippen molar-refractivity contribution in [1.29, 1.82) is 0 Å². The fourth-order valence-electron chi connectivity index (χ4n) is 3.12. The van der Waals surface area contributed by atoms with Gasteiger partial charge in [0, 0.05) is 6.42 Å². The van der Waals surface area contributed by atoms with Gasteiger partial charge in [-0.1, -0.05) is 62.6 Å². The monoisotopic (exact) mass is 256 g/mol. The Kier molecular flexibility index (Phi) is 4.95. The Morgan fingerprint density at radius 3 is 2.32 bits per heavy atom. The molecule has 0 radical (unpaired) electrons. The minimum absolute atomic E-state index is 0.394. The van der Waals surface area contributed by atoms with Crippen LogP contribution in [-0.2, 0) is 4.79 Å². The van der Waals surface area contributed by atoms with Gasteiger partial charge in [-0.3, -0.25) is 4.79 Å². The fourth-order valence-corrected chi connectivity index (χ4v) is 3.12. The summed E-state index contributed by atoms with van der Waals surface area (Å²) >= 11 is 0. The van der Waals surface area contributed by atoms with Crippen LogP contribution in [0.5, 0.6) is 0 Å². The number of ketones is 1. The van der Waals surface area contributed by atoms with Crippen molar-refractivity contribution in [2.75, 3.05) is 0 Å². The van der Waals surface area contributed by atoms with E-state index in [1.807, 2.05) is 6.07 Å². The third-order valence-corrected chi connectivity index (χ3v) is 4.01. The standard InChI is InChI=1S/C18H24O/c1-3-8-15-12-16(14-10-6-5-7-11-14)13-18(19)17(15)9-4-2/h5-7,10-11,16H,3-4,8-9,12-13H2,1-2H3. The number of Topliss-reactive ketones (excluding diaryl/α,β-unsaturated/α-hetero) is 1. The van der Waals surface area contributed by atoms with Gasteiger partial charge in [0.2, 0.25) is 0 Å². The van der Waals surface area contributed by atoms with Gasteiger partial charge in [-0.05, 0) is 36.3 Å². The van der Waals surface area contributed by atoms with E-state index in [0.717, 1.165) is 37.7 Å². The second-order valence-corrected chi connectivity index (χ2v) is 5.52. The summed E-state index contributed by atoms with van der Waals surface area (Å²) in [7, 11) is 0. The first kappa shape index (κ1) is 14.0. The van der Waals surface area contributed by atoms with Gasteiger partial charge in [0.05, 0.1) is 0 Å². The molecule has 0 spiro atoms. The zero-order valence-electron chi connectivity index (χ0n) is 12.1. The Labute approximate surface area is 116 Å². The molecule has 19 heavy (non-hydrogen) atoms. The van der Waals surface area contributed by atoms with E-state index < -0.39 is 0 Å². The van der Waals surface area contributed by atoms with E-state index in [4.69, 9.17) is 0 Å². The molecule has 1 aliphatic carbocycles. The average molecular weight is 256 g/mol. The highest BCUT2D eigenvalue weighted by Gasteiger charge is 2.27. The molecule has 1 aliphatic rings. The first-order valence-corrected chi connectivity index (χ1v) is 7.55. The van der Waals surface area contributed by atoms with Gasteiger partial charge in [0.25, 0.3) is 0 Å². The number of allylic oxidation sites excluding steroid dienone is 2. The number of hydrogen-bond acceptors (Lipinski definition) is 1. The number of rotatable bonds is 5. The summed E-state index contributed by atoms with van der Waals surface area (Å²) in [5.74, 6) is 0.793. The van der Waals surface area contributed by atoms with Crippen LogP contribution in [0.3, 0.4) is 0 Å².